The molecule has 0 aliphatic carbocycles. The molecule has 6 N–H and O–H groups in total. The number of carbonyl (C=O) groups excluding carboxylic acids is 4. The van der Waals surface area contributed by atoms with Gasteiger partial charge >= 0.3 is 70.9 Å². The fraction of sp³-hybridized carbons (Fsp3) is 0.268. The number of aliphatic hydroxyl groups is 2. The molecule has 63 heavy (non-hydrogen) atoms. The first-order valence-corrected chi connectivity index (χ1v) is 18.2. The van der Waals surface area contributed by atoms with Gasteiger partial charge in [-0.15, -0.1) is 5.92 Å². The van der Waals surface area contributed by atoms with Crippen molar-refractivity contribution in [1.29, 1.82) is 0 Å². The van der Waals surface area contributed by atoms with Gasteiger partial charge in [-0.05, 0) is 28.1 Å². The van der Waals surface area contributed by atoms with Crippen LogP contribution in [0.1, 0.15) is 52.4 Å². The third kappa shape index (κ3) is 15.7. The Morgan fingerprint density at radius 3 is 1.73 bits per heavy atom. The van der Waals surface area contributed by atoms with Gasteiger partial charge in [-0.25, -0.2) is 28.3 Å². The van der Waals surface area contributed by atoms with Crippen LogP contribution in [0.5, 0.6) is 0 Å². The maximum absolute atomic E-state index is 14.4. The van der Waals surface area contributed by atoms with Gasteiger partial charge in [0.25, 0.3) is 11.8 Å². The van der Waals surface area contributed by atoms with Gasteiger partial charge in [-0.1, -0.05) is 42.9 Å². The average Bonchev–Trinajstić information content (AvgIpc) is 3.65. The summed E-state index contributed by atoms with van der Waals surface area (Å²) < 4.78 is 65.1. The Bertz CT molecular complexity index is 2400. The molecule has 328 valence electrons. The topological polar surface area (TPSA) is 212 Å². The van der Waals surface area contributed by atoms with Crippen LogP contribution in [0, 0.1) is 41.4 Å². The molecule has 0 spiro atoms. The van der Waals surface area contributed by atoms with E-state index in [1.165, 1.54) is 24.0 Å². The van der Waals surface area contributed by atoms with Crippen LogP contribution >= 0.6 is 15.9 Å². The number of likely N-dealkylation sites (N-methyl/N-ethyl adjacent to an activating group) is 2. The predicted octanol–water partition coefficient (Wildman–Crippen LogP) is 1.50. The summed E-state index contributed by atoms with van der Waals surface area (Å²) >= 11 is 2.83. The summed E-state index contributed by atoms with van der Waals surface area (Å²) in [5, 5.41) is 20.4. The maximum Gasteiger partial charge on any atom is 1.00 e. The molecule has 4 aromatic rings. The molecule has 2 amide bonds. The average molecular weight is 970 g/mol. The van der Waals surface area contributed by atoms with Crippen LogP contribution in [-0.2, 0) is 19.1 Å². The zero-order chi connectivity index (χ0) is 45.7. The quantitative estimate of drug-likeness (QED) is 0.0575. The largest absolute Gasteiger partial charge is 1.00 e. The molecule has 4 heterocycles. The summed E-state index contributed by atoms with van der Waals surface area (Å²) in [7, 11) is 1.96. The number of amides is 2. The van der Waals surface area contributed by atoms with E-state index in [0.29, 0.717) is 30.6 Å². The van der Waals surface area contributed by atoms with Gasteiger partial charge in [0.2, 0.25) is 11.2 Å². The molecule has 0 saturated carbocycles. The normalized spacial score (nSPS) is 16.8. The molecule has 0 bridgehead atoms. The fourth-order valence-electron chi connectivity index (χ4n) is 5.21. The van der Waals surface area contributed by atoms with Crippen LogP contribution in [0.4, 0.5) is 33.1 Å². The van der Waals surface area contributed by atoms with Crippen molar-refractivity contribution in [2.75, 3.05) is 52.9 Å². The molecule has 0 unspecified atom stereocenters. The number of methoxy groups -OCH3 is 2. The molecule has 6 rings (SSSR count). The van der Waals surface area contributed by atoms with Gasteiger partial charge in [-0.2, -0.15) is 30.3 Å². The molecule has 0 radical (unpaired) electrons. The van der Waals surface area contributed by atoms with E-state index in [1.807, 2.05) is 12.1 Å². The molecule has 14 nitrogen and oxygen atoms in total. The number of hydrogen-bond donors (Lipinski definition) is 4. The Morgan fingerprint density at radius 2 is 1.29 bits per heavy atom. The number of likely N-dealkylation sites (tertiary alicyclic amines) is 2. The summed E-state index contributed by atoms with van der Waals surface area (Å²) in [5.74, 6) is 7.23. The number of esters is 2. The summed E-state index contributed by atoms with van der Waals surface area (Å²) in [6.07, 6.45) is 0.581. The Labute approximate surface area is 411 Å². The first-order chi connectivity index (χ1) is 28.7. The molecule has 2 fully saturated rings. The second-order valence-corrected chi connectivity index (χ2v) is 13.5. The van der Waals surface area contributed by atoms with Gasteiger partial charge in [0, 0.05) is 63.3 Å². The first kappa shape index (κ1) is 56.1. The molecular formula is C41H40BBrF5KN6O8. The van der Waals surface area contributed by atoms with Gasteiger partial charge < -0.3 is 41.0 Å². The number of halogens is 6. The Balaban J connectivity index is 0.000000482. The van der Waals surface area contributed by atoms with Crippen molar-refractivity contribution in [3.63, 3.8) is 0 Å². The predicted molar refractivity (Wildman–Crippen MR) is 222 cm³/mol. The van der Waals surface area contributed by atoms with Crippen molar-refractivity contribution in [3.8, 4) is 34.9 Å². The number of rotatable bonds is 3. The second-order valence-electron chi connectivity index (χ2n) is 12.7. The minimum atomic E-state index is -3.67. The zero-order valence-corrected chi connectivity index (χ0v) is 38.4. The van der Waals surface area contributed by atoms with E-state index in [1.54, 1.807) is 50.5 Å². The fourth-order valence-corrected chi connectivity index (χ4v) is 5.50. The van der Waals surface area contributed by atoms with Gasteiger partial charge in [-0.3, -0.25) is 22.5 Å². The van der Waals surface area contributed by atoms with E-state index < -0.39 is 48.2 Å². The Morgan fingerprint density at radius 1 is 0.825 bits per heavy atom. The summed E-state index contributed by atoms with van der Waals surface area (Å²) in [6, 6.07) is 18.4. The molecule has 22 heteroatoms. The van der Waals surface area contributed by atoms with Crippen molar-refractivity contribution >= 4 is 58.6 Å². The Hall–Kier alpha value is -4.91. The summed E-state index contributed by atoms with van der Waals surface area (Å²) in [6.45, 7) is 0.964. The maximum atomic E-state index is 14.4. The van der Waals surface area contributed by atoms with Crippen LogP contribution in [0.15, 0.2) is 65.3 Å². The van der Waals surface area contributed by atoms with Crippen LogP contribution in [0.2, 0.25) is 0 Å². The third-order valence-corrected chi connectivity index (χ3v) is 8.97. The van der Waals surface area contributed by atoms with Gasteiger partial charge in [0.1, 0.15) is 10.3 Å². The van der Waals surface area contributed by atoms with Crippen molar-refractivity contribution < 1.29 is 112 Å². The number of carbonyl (C=O) groups is 4. The number of benzene rings is 2. The number of hydrogen-bond acceptors (Lipinski definition) is 12. The van der Waals surface area contributed by atoms with Gasteiger partial charge in [0.05, 0.1) is 25.6 Å². The number of nitrogens with zero attached hydrogens (tertiary/aromatic N) is 4. The van der Waals surface area contributed by atoms with E-state index in [4.69, 9.17) is 11.5 Å². The summed E-state index contributed by atoms with van der Waals surface area (Å²) in [4.78, 5) is 56.9. The molecule has 2 saturated heterocycles. The van der Waals surface area contributed by atoms with E-state index in [-0.39, 0.29) is 104 Å². The van der Waals surface area contributed by atoms with E-state index in [0.717, 1.165) is 17.7 Å². The molecule has 2 aliphatic rings. The molecule has 2 aromatic carbocycles. The van der Waals surface area contributed by atoms with Crippen LogP contribution < -0.4 is 62.9 Å². The first-order valence-electron chi connectivity index (χ1n) is 17.4. The number of aromatic nitrogens is 2. The van der Waals surface area contributed by atoms with Crippen molar-refractivity contribution in [1.82, 2.24) is 19.8 Å². The SMILES string of the molecule is C.CN1CC[C@@](O)(C#Cc2c[c-]ccc2)C1=O.COC(=O)c1nc(-c2cccc(C#C[C@]3(O)CCN(C)C3=O)c2)c(F)cc1N.COC(=O)c1nc(Br)c(F)cc1N.FB(F)F.[K+]. The molecular weight excluding hydrogens is 929 g/mol. The van der Waals surface area contributed by atoms with Crippen molar-refractivity contribution in [2.24, 2.45) is 0 Å². The number of nitrogen functional groups attached to an aromatic ring is 2. The van der Waals surface area contributed by atoms with Crippen LogP contribution in [-0.4, -0.2) is 114 Å². The minimum Gasteiger partial charge on any atom is -0.464 e. The molecule has 2 aliphatic heterocycles. The van der Waals surface area contributed by atoms with E-state index in [2.05, 4.69) is 65.1 Å². The van der Waals surface area contributed by atoms with Crippen molar-refractivity contribution in [2.45, 2.75) is 31.5 Å². The third-order valence-electron chi connectivity index (χ3n) is 8.42. The molecule has 2 aromatic heterocycles. The molecule has 2 atom stereocenters. The van der Waals surface area contributed by atoms with E-state index >= 15 is 0 Å². The zero-order valence-electron chi connectivity index (χ0n) is 33.7. The van der Waals surface area contributed by atoms with Crippen LogP contribution in [0.3, 0.4) is 0 Å². The minimum absolute atomic E-state index is 0. The van der Waals surface area contributed by atoms with Crippen molar-refractivity contribution in [3.05, 3.63) is 105 Å². The number of ether oxygens (including phenoxy) is 2. The standard InChI is InChI=1S/C20H18FN3O4.C13H12NO2.C7H6BrFN2O2.CH4.BF3.K/c1-24-9-8-20(27,19(24)26)7-6-12-4-3-5-13(10-12)16-14(21)11-15(22)17(23-16)18(25)28-2;1-14-10-9-13(16,12(14)15)8-7-11-5-3-2-4-6-11;1-13-7(12)5-4(10)2-3(9)6(8)11-5;;2-1(3)4;/h3-5,10-11,27H,8-9,22H2,1-2H3;2-3,5-6,16H,9-10H2,1H3;2H,10H2,1H3;1H4;;/q;-1;;;;+1/t20-;13-;;;;/m00..../s1. The number of anilines is 2. The van der Waals surface area contributed by atoms with Crippen LogP contribution in [0.25, 0.3) is 11.3 Å². The second kappa shape index (κ2) is 25.4. The smallest absolute Gasteiger partial charge is 0.464 e. The number of pyridine rings is 2. The monoisotopic (exact) mass is 968 g/mol. The Kier molecular flexibility index (Phi) is 22.6. The van der Waals surface area contributed by atoms with Gasteiger partial charge in [0.15, 0.2) is 23.0 Å². The summed E-state index contributed by atoms with van der Waals surface area (Å²) in [5.41, 5.74) is 8.74. The van der Waals surface area contributed by atoms with E-state index in [9.17, 15) is 51.1 Å². The number of nitrogens with two attached hydrogens (primary N) is 2.